The Morgan fingerprint density at radius 3 is 2.29 bits per heavy atom. The standard InChI is InChI=1S/C18H18N4O2/c23-17(13-5-6-19-11-13)21-7-9-22(10-8-21)18(24)15-12-20-16-4-2-1-3-14(15)16/h1-6,11-12,19-20H,7-10H2. The van der Waals surface area contributed by atoms with Crippen LogP contribution >= 0.6 is 0 Å². The van der Waals surface area contributed by atoms with Crippen molar-refractivity contribution in [3.8, 4) is 0 Å². The number of piperazine rings is 1. The summed E-state index contributed by atoms with van der Waals surface area (Å²) < 4.78 is 0. The fourth-order valence-corrected chi connectivity index (χ4v) is 3.17. The van der Waals surface area contributed by atoms with Crippen LogP contribution < -0.4 is 0 Å². The maximum atomic E-state index is 12.8. The molecule has 2 N–H and O–H groups in total. The third kappa shape index (κ3) is 2.46. The number of aromatic nitrogens is 2. The predicted molar refractivity (Wildman–Crippen MR) is 90.9 cm³/mol. The first kappa shape index (κ1) is 14.6. The fourth-order valence-electron chi connectivity index (χ4n) is 3.17. The zero-order chi connectivity index (χ0) is 16.5. The molecule has 0 spiro atoms. The van der Waals surface area contributed by atoms with Gasteiger partial charge in [0, 0.05) is 55.7 Å². The van der Waals surface area contributed by atoms with Gasteiger partial charge in [-0.3, -0.25) is 9.59 Å². The van der Waals surface area contributed by atoms with Crippen molar-refractivity contribution in [3.63, 3.8) is 0 Å². The molecule has 0 unspecified atom stereocenters. The lowest BCUT2D eigenvalue weighted by Gasteiger charge is -2.34. The van der Waals surface area contributed by atoms with E-state index in [1.807, 2.05) is 29.2 Å². The predicted octanol–water partition coefficient (Wildman–Crippen LogP) is 2.09. The first-order valence-corrected chi connectivity index (χ1v) is 8.01. The topological polar surface area (TPSA) is 72.2 Å². The van der Waals surface area contributed by atoms with Crippen molar-refractivity contribution in [3.05, 3.63) is 60.0 Å². The molecule has 2 amide bonds. The van der Waals surface area contributed by atoms with E-state index < -0.39 is 0 Å². The van der Waals surface area contributed by atoms with Crippen molar-refractivity contribution in [2.75, 3.05) is 26.2 Å². The molecule has 6 heteroatoms. The van der Waals surface area contributed by atoms with E-state index in [-0.39, 0.29) is 11.8 Å². The highest BCUT2D eigenvalue weighted by Gasteiger charge is 2.26. The largest absolute Gasteiger partial charge is 0.367 e. The summed E-state index contributed by atoms with van der Waals surface area (Å²) in [4.78, 5) is 34.8. The molecule has 1 aromatic carbocycles. The summed E-state index contributed by atoms with van der Waals surface area (Å²) in [6.07, 6.45) is 5.21. The van der Waals surface area contributed by atoms with Crippen LogP contribution in [0.2, 0.25) is 0 Å². The molecule has 122 valence electrons. The molecule has 24 heavy (non-hydrogen) atoms. The third-order valence-corrected chi connectivity index (χ3v) is 4.52. The number of amides is 2. The van der Waals surface area contributed by atoms with Crippen molar-refractivity contribution in [2.45, 2.75) is 0 Å². The summed E-state index contributed by atoms with van der Waals surface area (Å²) in [7, 11) is 0. The summed E-state index contributed by atoms with van der Waals surface area (Å²) in [5.74, 6) is 0.0247. The maximum absolute atomic E-state index is 12.8. The first-order chi connectivity index (χ1) is 11.7. The number of carbonyl (C=O) groups is 2. The molecule has 1 aliphatic heterocycles. The Morgan fingerprint density at radius 1 is 0.875 bits per heavy atom. The average molecular weight is 322 g/mol. The van der Waals surface area contributed by atoms with E-state index in [2.05, 4.69) is 9.97 Å². The van der Waals surface area contributed by atoms with Crippen LogP contribution in [-0.4, -0.2) is 57.8 Å². The lowest BCUT2D eigenvalue weighted by Crippen LogP contribution is -2.50. The van der Waals surface area contributed by atoms with Crippen LogP contribution in [0.25, 0.3) is 10.9 Å². The molecule has 4 rings (SSSR count). The molecule has 3 heterocycles. The zero-order valence-corrected chi connectivity index (χ0v) is 13.2. The van der Waals surface area contributed by atoms with Gasteiger partial charge in [-0.2, -0.15) is 0 Å². The van der Waals surface area contributed by atoms with Crippen LogP contribution in [0, 0.1) is 0 Å². The van der Waals surface area contributed by atoms with Gasteiger partial charge in [-0.15, -0.1) is 0 Å². The summed E-state index contributed by atoms with van der Waals surface area (Å²) >= 11 is 0. The van der Waals surface area contributed by atoms with Crippen molar-refractivity contribution in [1.82, 2.24) is 19.8 Å². The number of rotatable bonds is 2. The number of nitrogens with one attached hydrogen (secondary N) is 2. The average Bonchev–Trinajstić information content (AvgIpc) is 3.30. The van der Waals surface area contributed by atoms with E-state index in [0.717, 1.165) is 10.9 Å². The molecule has 1 saturated heterocycles. The normalized spacial score (nSPS) is 15.0. The van der Waals surface area contributed by atoms with E-state index in [1.165, 1.54) is 0 Å². The zero-order valence-electron chi connectivity index (χ0n) is 13.2. The van der Waals surface area contributed by atoms with Crippen molar-refractivity contribution in [1.29, 1.82) is 0 Å². The van der Waals surface area contributed by atoms with Crippen molar-refractivity contribution >= 4 is 22.7 Å². The van der Waals surface area contributed by atoms with E-state index in [1.54, 1.807) is 29.6 Å². The molecule has 0 aliphatic carbocycles. The highest BCUT2D eigenvalue weighted by Crippen LogP contribution is 2.20. The highest BCUT2D eigenvalue weighted by molar-refractivity contribution is 6.06. The van der Waals surface area contributed by atoms with Crippen molar-refractivity contribution in [2.24, 2.45) is 0 Å². The molecular formula is C18H18N4O2. The number of fused-ring (bicyclic) bond motifs is 1. The number of nitrogens with zero attached hydrogens (tertiary/aromatic N) is 2. The van der Waals surface area contributed by atoms with Crippen molar-refractivity contribution < 1.29 is 9.59 Å². The quantitative estimate of drug-likeness (QED) is 0.758. The Balaban J connectivity index is 1.46. The first-order valence-electron chi connectivity index (χ1n) is 8.01. The van der Waals surface area contributed by atoms with Gasteiger partial charge in [-0.25, -0.2) is 0 Å². The molecule has 0 radical (unpaired) electrons. The number of benzene rings is 1. The Morgan fingerprint density at radius 2 is 1.58 bits per heavy atom. The molecule has 0 atom stereocenters. The number of aromatic amines is 2. The van der Waals surface area contributed by atoms with Gasteiger partial charge in [0.25, 0.3) is 11.8 Å². The second-order valence-corrected chi connectivity index (χ2v) is 5.93. The number of para-hydroxylation sites is 1. The highest BCUT2D eigenvalue weighted by atomic mass is 16.2. The minimum Gasteiger partial charge on any atom is -0.367 e. The Hall–Kier alpha value is -3.02. The Bertz CT molecular complexity index is 873. The number of carbonyl (C=O) groups excluding carboxylic acids is 2. The fraction of sp³-hybridized carbons (Fsp3) is 0.222. The molecular weight excluding hydrogens is 304 g/mol. The van der Waals surface area contributed by atoms with Gasteiger partial charge in [0.15, 0.2) is 0 Å². The molecule has 0 bridgehead atoms. The lowest BCUT2D eigenvalue weighted by atomic mass is 10.1. The van der Waals surface area contributed by atoms with Crippen LogP contribution in [0.3, 0.4) is 0 Å². The van der Waals surface area contributed by atoms with Gasteiger partial charge in [-0.05, 0) is 12.1 Å². The minimum absolute atomic E-state index is 0.00967. The monoisotopic (exact) mass is 322 g/mol. The van der Waals surface area contributed by atoms with Gasteiger partial charge < -0.3 is 19.8 Å². The van der Waals surface area contributed by atoms with Gasteiger partial charge in [0.2, 0.25) is 0 Å². The van der Waals surface area contributed by atoms with E-state index >= 15 is 0 Å². The summed E-state index contributed by atoms with van der Waals surface area (Å²) in [5.41, 5.74) is 2.31. The van der Waals surface area contributed by atoms with Gasteiger partial charge >= 0.3 is 0 Å². The van der Waals surface area contributed by atoms with Crippen LogP contribution in [0.1, 0.15) is 20.7 Å². The van der Waals surface area contributed by atoms with Crippen LogP contribution in [-0.2, 0) is 0 Å². The molecule has 0 saturated carbocycles. The Kier molecular flexibility index (Phi) is 3.57. The summed E-state index contributed by atoms with van der Waals surface area (Å²) in [6.45, 7) is 2.21. The third-order valence-electron chi connectivity index (χ3n) is 4.52. The van der Waals surface area contributed by atoms with Crippen LogP contribution in [0.15, 0.2) is 48.9 Å². The molecule has 6 nitrogen and oxygen atoms in total. The van der Waals surface area contributed by atoms with Crippen LogP contribution in [0.5, 0.6) is 0 Å². The Labute approximate surface area is 139 Å². The summed E-state index contributed by atoms with van der Waals surface area (Å²) in [6, 6.07) is 9.55. The SMILES string of the molecule is O=C(c1cc[nH]c1)N1CCN(C(=O)c2c[nH]c3ccccc23)CC1. The van der Waals surface area contributed by atoms with Gasteiger partial charge in [-0.1, -0.05) is 18.2 Å². The number of hydrogen-bond donors (Lipinski definition) is 2. The van der Waals surface area contributed by atoms with E-state index in [9.17, 15) is 9.59 Å². The molecule has 3 aromatic rings. The second-order valence-electron chi connectivity index (χ2n) is 5.93. The molecule has 2 aromatic heterocycles. The minimum atomic E-state index is 0.00967. The number of H-pyrrole nitrogens is 2. The van der Waals surface area contributed by atoms with E-state index in [4.69, 9.17) is 0 Å². The molecule has 1 aliphatic rings. The van der Waals surface area contributed by atoms with Crippen LogP contribution in [0.4, 0.5) is 0 Å². The van der Waals surface area contributed by atoms with Gasteiger partial charge in [0.05, 0.1) is 11.1 Å². The maximum Gasteiger partial charge on any atom is 0.256 e. The van der Waals surface area contributed by atoms with E-state index in [0.29, 0.717) is 37.3 Å². The molecule has 1 fully saturated rings. The lowest BCUT2D eigenvalue weighted by molar-refractivity contribution is 0.0536. The number of hydrogen-bond acceptors (Lipinski definition) is 2. The van der Waals surface area contributed by atoms with Gasteiger partial charge in [0.1, 0.15) is 0 Å². The summed E-state index contributed by atoms with van der Waals surface area (Å²) in [5, 5.41) is 0.938. The second kappa shape index (κ2) is 5.88. The smallest absolute Gasteiger partial charge is 0.256 e.